The van der Waals surface area contributed by atoms with Gasteiger partial charge >= 0.3 is 0 Å². The Hall–Kier alpha value is -2.54. The molecule has 0 atom stereocenters. The van der Waals surface area contributed by atoms with Crippen LogP contribution < -0.4 is 10.9 Å². The SMILES string of the molecule is Cc1cc2nc(SCC(=O)Nc3ccc4c(c3)CCC4)n(C(C)C)c(=O)c2[nH]1. The number of benzene rings is 1. The summed E-state index contributed by atoms with van der Waals surface area (Å²) in [7, 11) is 0. The minimum absolute atomic E-state index is 0.0460. The second kappa shape index (κ2) is 7.47. The van der Waals surface area contributed by atoms with E-state index in [1.807, 2.05) is 32.9 Å². The Bertz CT molecular complexity index is 1110. The zero-order valence-electron chi connectivity index (χ0n) is 16.3. The Labute approximate surface area is 167 Å². The van der Waals surface area contributed by atoms with Crippen molar-refractivity contribution in [2.24, 2.45) is 0 Å². The number of hydrogen-bond donors (Lipinski definition) is 2. The monoisotopic (exact) mass is 396 g/mol. The maximum Gasteiger partial charge on any atom is 0.278 e. The molecule has 1 aromatic carbocycles. The highest BCUT2D eigenvalue weighted by Gasteiger charge is 2.17. The first-order valence-corrected chi connectivity index (χ1v) is 10.6. The second-order valence-corrected chi connectivity index (χ2v) is 8.49. The molecule has 0 spiro atoms. The van der Waals surface area contributed by atoms with Gasteiger partial charge in [0, 0.05) is 17.4 Å². The van der Waals surface area contributed by atoms with Gasteiger partial charge in [0.2, 0.25) is 5.91 Å². The summed E-state index contributed by atoms with van der Waals surface area (Å²) < 4.78 is 1.64. The first-order chi connectivity index (χ1) is 13.4. The minimum Gasteiger partial charge on any atom is -0.353 e. The van der Waals surface area contributed by atoms with Crippen LogP contribution in [0.15, 0.2) is 34.2 Å². The molecule has 0 radical (unpaired) electrons. The molecular formula is C21H24N4O2S. The molecule has 6 nitrogen and oxygen atoms in total. The van der Waals surface area contributed by atoms with E-state index in [0.29, 0.717) is 16.2 Å². The van der Waals surface area contributed by atoms with Crippen molar-refractivity contribution in [3.63, 3.8) is 0 Å². The van der Waals surface area contributed by atoms with Gasteiger partial charge in [-0.15, -0.1) is 0 Å². The van der Waals surface area contributed by atoms with Gasteiger partial charge in [-0.2, -0.15) is 0 Å². The number of carbonyl (C=O) groups is 1. The van der Waals surface area contributed by atoms with Crippen LogP contribution in [0, 0.1) is 6.92 Å². The number of thioether (sulfide) groups is 1. The van der Waals surface area contributed by atoms with Crippen molar-refractivity contribution in [1.29, 1.82) is 0 Å². The van der Waals surface area contributed by atoms with Crippen molar-refractivity contribution in [2.75, 3.05) is 11.1 Å². The summed E-state index contributed by atoms with van der Waals surface area (Å²) in [6, 6.07) is 7.95. The van der Waals surface area contributed by atoms with E-state index in [1.54, 1.807) is 4.57 Å². The minimum atomic E-state index is -0.102. The molecule has 4 rings (SSSR count). The lowest BCUT2D eigenvalue weighted by atomic mass is 10.1. The molecule has 2 aromatic heterocycles. The summed E-state index contributed by atoms with van der Waals surface area (Å²) in [6.45, 7) is 5.79. The number of aromatic amines is 1. The van der Waals surface area contributed by atoms with Crippen LogP contribution in [0.4, 0.5) is 5.69 Å². The summed E-state index contributed by atoms with van der Waals surface area (Å²) in [5.74, 6) is 0.100. The number of aromatic nitrogens is 3. The predicted octanol–water partition coefficient (Wildman–Crippen LogP) is 3.83. The molecular weight excluding hydrogens is 372 g/mol. The van der Waals surface area contributed by atoms with E-state index in [4.69, 9.17) is 0 Å². The molecule has 0 aliphatic heterocycles. The van der Waals surface area contributed by atoms with E-state index in [1.165, 1.54) is 29.3 Å². The molecule has 0 bridgehead atoms. The van der Waals surface area contributed by atoms with Crippen LogP contribution >= 0.6 is 11.8 Å². The highest BCUT2D eigenvalue weighted by Crippen LogP contribution is 2.25. The van der Waals surface area contributed by atoms with Crippen molar-refractivity contribution < 1.29 is 4.79 Å². The fourth-order valence-corrected chi connectivity index (χ4v) is 4.65. The number of H-pyrrole nitrogens is 1. The second-order valence-electron chi connectivity index (χ2n) is 7.55. The smallest absolute Gasteiger partial charge is 0.278 e. The lowest BCUT2D eigenvalue weighted by molar-refractivity contribution is -0.113. The number of carbonyl (C=O) groups excluding carboxylic acids is 1. The molecule has 28 heavy (non-hydrogen) atoms. The lowest BCUT2D eigenvalue weighted by Crippen LogP contribution is -2.25. The van der Waals surface area contributed by atoms with E-state index in [-0.39, 0.29) is 23.3 Å². The van der Waals surface area contributed by atoms with Crippen molar-refractivity contribution in [2.45, 2.75) is 51.2 Å². The molecule has 0 saturated carbocycles. The highest BCUT2D eigenvalue weighted by atomic mass is 32.2. The first kappa shape index (κ1) is 18.8. The number of fused-ring (bicyclic) bond motifs is 2. The molecule has 1 aliphatic carbocycles. The number of nitrogens with zero attached hydrogens (tertiary/aromatic N) is 2. The molecule has 0 fully saturated rings. The Morgan fingerprint density at radius 2 is 2.07 bits per heavy atom. The molecule has 3 aromatic rings. The normalized spacial score (nSPS) is 13.3. The van der Waals surface area contributed by atoms with E-state index < -0.39 is 0 Å². The van der Waals surface area contributed by atoms with Gasteiger partial charge in [-0.05, 0) is 69.4 Å². The van der Waals surface area contributed by atoms with Gasteiger partial charge in [-0.1, -0.05) is 17.8 Å². The fraction of sp³-hybridized carbons (Fsp3) is 0.381. The van der Waals surface area contributed by atoms with Crippen LogP contribution in [0.5, 0.6) is 0 Å². The predicted molar refractivity (Wildman–Crippen MR) is 113 cm³/mol. The quantitative estimate of drug-likeness (QED) is 0.507. The molecule has 1 aliphatic rings. The van der Waals surface area contributed by atoms with Gasteiger partial charge in [-0.3, -0.25) is 14.2 Å². The first-order valence-electron chi connectivity index (χ1n) is 9.58. The average molecular weight is 397 g/mol. The van der Waals surface area contributed by atoms with Crippen molar-refractivity contribution in [1.82, 2.24) is 14.5 Å². The number of aryl methyl sites for hydroxylation is 3. The van der Waals surface area contributed by atoms with Crippen LogP contribution in [0.3, 0.4) is 0 Å². The van der Waals surface area contributed by atoms with E-state index in [2.05, 4.69) is 27.4 Å². The molecule has 146 valence electrons. The van der Waals surface area contributed by atoms with Crippen LogP contribution in [-0.2, 0) is 17.6 Å². The van der Waals surface area contributed by atoms with Gasteiger partial charge in [0.25, 0.3) is 5.56 Å². The number of rotatable bonds is 5. The molecule has 0 saturated heterocycles. The molecule has 2 heterocycles. The zero-order chi connectivity index (χ0) is 19.8. The van der Waals surface area contributed by atoms with Crippen LogP contribution in [0.2, 0.25) is 0 Å². The fourth-order valence-electron chi connectivity index (χ4n) is 3.72. The number of nitrogens with one attached hydrogen (secondary N) is 2. The summed E-state index contributed by atoms with van der Waals surface area (Å²) >= 11 is 1.29. The third kappa shape index (κ3) is 3.58. The summed E-state index contributed by atoms with van der Waals surface area (Å²) in [5.41, 5.74) is 5.49. The van der Waals surface area contributed by atoms with E-state index in [0.717, 1.165) is 24.2 Å². The maximum atomic E-state index is 12.8. The molecule has 0 unspecified atom stereocenters. The Morgan fingerprint density at radius 1 is 1.29 bits per heavy atom. The Kier molecular flexibility index (Phi) is 5.02. The number of amides is 1. The number of hydrogen-bond acceptors (Lipinski definition) is 4. The van der Waals surface area contributed by atoms with Crippen LogP contribution in [0.1, 0.15) is 43.1 Å². The van der Waals surface area contributed by atoms with Gasteiger partial charge < -0.3 is 10.3 Å². The van der Waals surface area contributed by atoms with E-state index in [9.17, 15) is 9.59 Å². The van der Waals surface area contributed by atoms with Crippen LogP contribution in [-0.4, -0.2) is 26.2 Å². The van der Waals surface area contributed by atoms with Gasteiger partial charge in [0.05, 0.1) is 11.3 Å². The Morgan fingerprint density at radius 3 is 2.86 bits per heavy atom. The molecule has 1 amide bonds. The zero-order valence-corrected chi connectivity index (χ0v) is 17.2. The average Bonchev–Trinajstić information content (AvgIpc) is 3.25. The summed E-state index contributed by atoms with van der Waals surface area (Å²) in [4.78, 5) is 33.0. The molecule has 7 heteroatoms. The van der Waals surface area contributed by atoms with Gasteiger partial charge in [0.1, 0.15) is 5.52 Å². The van der Waals surface area contributed by atoms with Gasteiger partial charge in [0.15, 0.2) is 5.16 Å². The third-order valence-corrected chi connectivity index (χ3v) is 5.97. The number of anilines is 1. The van der Waals surface area contributed by atoms with Crippen molar-refractivity contribution >= 4 is 34.4 Å². The third-order valence-electron chi connectivity index (χ3n) is 5.02. The highest BCUT2D eigenvalue weighted by molar-refractivity contribution is 7.99. The van der Waals surface area contributed by atoms with Crippen molar-refractivity contribution in [3.05, 3.63) is 51.4 Å². The van der Waals surface area contributed by atoms with Crippen molar-refractivity contribution in [3.8, 4) is 0 Å². The standard InChI is InChI=1S/C21H24N4O2S/c1-12(2)25-20(27)19-17(9-13(3)22-19)24-21(25)28-11-18(26)23-16-8-7-14-5-4-6-15(14)10-16/h7-10,12,22H,4-6,11H2,1-3H3,(H,23,26). The maximum absolute atomic E-state index is 12.8. The van der Waals surface area contributed by atoms with Crippen LogP contribution in [0.25, 0.3) is 11.0 Å². The lowest BCUT2D eigenvalue weighted by Gasteiger charge is -2.15. The van der Waals surface area contributed by atoms with Gasteiger partial charge in [-0.25, -0.2) is 4.98 Å². The van der Waals surface area contributed by atoms with E-state index >= 15 is 0 Å². The Balaban J connectivity index is 1.52. The largest absolute Gasteiger partial charge is 0.353 e. The summed E-state index contributed by atoms with van der Waals surface area (Å²) in [5, 5.41) is 3.53. The molecule has 2 N–H and O–H groups in total. The topological polar surface area (TPSA) is 79.8 Å². The summed E-state index contributed by atoms with van der Waals surface area (Å²) in [6.07, 6.45) is 3.38.